The Morgan fingerprint density at radius 1 is 1.19 bits per heavy atom. The van der Waals surface area contributed by atoms with Crippen molar-refractivity contribution in [3.05, 3.63) is 48.0 Å². The number of imidazole rings is 1. The van der Waals surface area contributed by atoms with Crippen LogP contribution < -0.4 is 4.74 Å². The lowest BCUT2D eigenvalue weighted by molar-refractivity contribution is 0.310. The number of aromatic nitrogens is 2. The van der Waals surface area contributed by atoms with Gasteiger partial charge in [-0.25, -0.2) is 4.98 Å². The first-order valence-electron chi connectivity index (χ1n) is 7.27. The maximum Gasteiger partial charge on any atom is 0.119 e. The summed E-state index contributed by atoms with van der Waals surface area (Å²) in [5.41, 5.74) is 2.13. The predicted molar refractivity (Wildman–Crippen MR) is 85.2 cm³/mol. The Morgan fingerprint density at radius 3 is 2.57 bits per heavy atom. The third-order valence-electron chi connectivity index (χ3n) is 2.84. The fraction of sp³-hybridized carbons (Fsp3) is 0.389. The number of H-pyrrole nitrogens is 1. The summed E-state index contributed by atoms with van der Waals surface area (Å²) in [7, 11) is 0. The Labute approximate surface area is 126 Å². The third-order valence-corrected chi connectivity index (χ3v) is 2.84. The molecule has 1 aromatic carbocycles. The van der Waals surface area contributed by atoms with E-state index in [1.54, 1.807) is 6.33 Å². The van der Waals surface area contributed by atoms with Crippen LogP contribution in [0, 0.1) is 17.3 Å². The number of benzene rings is 1. The summed E-state index contributed by atoms with van der Waals surface area (Å²) in [6.07, 6.45) is 5.51. The van der Waals surface area contributed by atoms with Gasteiger partial charge in [0.2, 0.25) is 0 Å². The Hall–Kier alpha value is -2.21. The summed E-state index contributed by atoms with van der Waals surface area (Å²) in [5.74, 6) is 7.29. The van der Waals surface area contributed by atoms with Crippen molar-refractivity contribution in [1.29, 1.82) is 0 Å². The fourth-order valence-electron chi connectivity index (χ4n) is 1.77. The highest BCUT2D eigenvalue weighted by Gasteiger charge is 2.03. The van der Waals surface area contributed by atoms with E-state index in [1.165, 1.54) is 0 Å². The van der Waals surface area contributed by atoms with Crippen molar-refractivity contribution < 1.29 is 4.74 Å². The first kappa shape index (κ1) is 15.2. The number of hydrogen-bond donors (Lipinski definition) is 1. The minimum Gasteiger partial charge on any atom is -0.494 e. The van der Waals surface area contributed by atoms with E-state index in [2.05, 4.69) is 42.6 Å². The number of aromatic amines is 1. The summed E-state index contributed by atoms with van der Waals surface area (Å²) >= 11 is 0. The Morgan fingerprint density at radius 2 is 1.95 bits per heavy atom. The summed E-state index contributed by atoms with van der Waals surface area (Å²) in [6, 6.07) is 7.95. The van der Waals surface area contributed by atoms with Gasteiger partial charge in [-0.15, -0.1) is 0 Å². The molecule has 0 amide bonds. The van der Waals surface area contributed by atoms with Gasteiger partial charge in [0.15, 0.2) is 0 Å². The molecule has 3 nitrogen and oxygen atoms in total. The van der Waals surface area contributed by atoms with Crippen molar-refractivity contribution in [2.75, 3.05) is 6.61 Å². The number of nitrogens with zero attached hydrogens (tertiary/aromatic N) is 1. The van der Waals surface area contributed by atoms with Crippen LogP contribution in [0.15, 0.2) is 36.8 Å². The second-order valence-corrected chi connectivity index (χ2v) is 6.04. The molecule has 0 aliphatic carbocycles. The monoisotopic (exact) mass is 282 g/mol. The quantitative estimate of drug-likeness (QED) is 0.668. The topological polar surface area (TPSA) is 37.9 Å². The average molecular weight is 282 g/mol. The van der Waals surface area contributed by atoms with E-state index in [1.807, 2.05) is 30.5 Å². The SMILES string of the molecule is CC(C)(C)C#Cc1ccc(OCCCc2c[nH]cn2)cc1. The van der Waals surface area contributed by atoms with Crippen molar-refractivity contribution in [3.8, 4) is 17.6 Å². The molecule has 0 aliphatic heterocycles. The highest BCUT2D eigenvalue weighted by molar-refractivity contribution is 5.39. The number of rotatable bonds is 5. The van der Waals surface area contributed by atoms with Gasteiger partial charge in [-0.2, -0.15) is 0 Å². The Bertz CT molecular complexity index is 595. The number of ether oxygens (including phenoxy) is 1. The van der Waals surface area contributed by atoms with Gasteiger partial charge in [-0.1, -0.05) is 11.8 Å². The lowest BCUT2D eigenvalue weighted by Gasteiger charge is -2.07. The number of aryl methyl sites for hydroxylation is 1. The van der Waals surface area contributed by atoms with Crippen LogP contribution in [0.4, 0.5) is 0 Å². The van der Waals surface area contributed by atoms with Gasteiger partial charge >= 0.3 is 0 Å². The predicted octanol–water partition coefficient (Wildman–Crippen LogP) is 3.82. The Balaban J connectivity index is 1.78. The van der Waals surface area contributed by atoms with Crippen molar-refractivity contribution in [1.82, 2.24) is 9.97 Å². The van der Waals surface area contributed by atoms with Crippen LogP contribution in [0.3, 0.4) is 0 Å². The van der Waals surface area contributed by atoms with E-state index in [-0.39, 0.29) is 5.41 Å². The van der Waals surface area contributed by atoms with E-state index >= 15 is 0 Å². The molecule has 0 spiro atoms. The minimum absolute atomic E-state index is 0.0292. The van der Waals surface area contributed by atoms with E-state index in [0.29, 0.717) is 6.61 Å². The first-order chi connectivity index (χ1) is 10.0. The molecule has 0 bridgehead atoms. The van der Waals surface area contributed by atoms with Gasteiger partial charge in [0.05, 0.1) is 18.6 Å². The molecule has 0 saturated heterocycles. The molecule has 1 N–H and O–H groups in total. The molecule has 1 aromatic heterocycles. The molecular formula is C18H22N2O. The van der Waals surface area contributed by atoms with E-state index in [9.17, 15) is 0 Å². The molecule has 110 valence electrons. The largest absolute Gasteiger partial charge is 0.494 e. The first-order valence-corrected chi connectivity index (χ1v) is 7.27. The Kier molecular flexibility index (Phi) is 5.05. The van der Waals surface area contributed by atoms with Crippen LogP contribution in [0.5, 0.6) is 5.75 Å². The molecule has 0 atom stereocenters. The van der Waals surface area contributed by atoms with Gasteiger partial charge in [0.1, 0.15) is 5.75 Å². The summed E-state index contributed by atoms with van der Waals surface area (Å²) in [6.45, 7) is 7.02. The maximum absolute atomic E-state index is 5.72. The van der Waals surface area contributed by atoms with Crippen molar-refractivity contribution >= 4 is 0 Å². The molecular weight excluding hydrogens is 260 g/mol. The van der Waals surface area contributed by atoms with Crippen LogP contribution in [-0.4, -0.2) is 16.6 Å². The molecule has 3 heteroatoms. The highest BCUT2D eigenvalue weighted by Crippen LogP contribution is 2.14. The fourth-order valence-corrected chi connectivity index (χ4v) is 1.77. The van der Waals surface area contributed by atoms with Gasteiger partial charge in [-0.05, 0) is 57.9 Å². The molecule has 0 fully saturated rings. The van der Waals surface area contributed by atoms with Crippen molar-refractivity contribution in [3.63, 3.8) is 0 Å². The highest BCUT2D eigenvalue weighted by atomic mass is 16.5. The molecule has 2 rings (SSSR count). The molecule has 0 saturated carbocycles. The van der Waals surface area contributed by atoms with Crippen molar-refractivity contribution in [2.24, 2.45) is 5.41 Å². The zero-order valence-electron chi connectivity index (χ0n) is 12.9. The lowest BCUT2D eigenvalue weighted by Crippen LogP contribution is -2.00. The molecule has 0 unspecified atom stereocenters. The number of nitrogens with one attached hydrogen (secondary N) is 1. The zero-order valence-corrected chi connectivity index (χ0v) is 12.9. The number of hydrogen-bond acceptors (Lipinski definition) is 2. The van der Waals surface area contributed by atoms with Crippen LogP contribution in [0.25, 0.3) is 0 Å². The smallest absolute Gasteiger partial charge is 0.119 e. The average Bonchev–Trinajstić information content (AvgIpc) is 2.95. The van der Waals surface area contributed by atoms with Crippen LogP contribution in [-0.2, 0) is 6.42 Å². The van der Waals surface area contributed by atoms with Gasteiger partial charge in [-0.3, -0.25) is 0 Å². The van der Waals surface area contributed by atoms with Gasteiger partial charge < -0.3 is 9.72 Å². The summed E-state index contributed by atoms with van der Waals surface area (Å²) < 4.78 is 5.72. The third kappa shape index (κ3) is 5.74. The molecule has 0 aliphatic rings. The molecule has 0 radical (unpaired) electrons. The standard InChI is InChI=1S/C18H22N2O/c1-18(2,3)11-10-15-6-8-17(9-7-15)21-12-4-5-16-13-19-14-20-16/h6-9,13-14H,4-5,12H2,1-3H3,(H,19,20). The normalized spacial score (nSPS) is 10.8. The maximum atomic E-state index is 5.72. The summed E-state index contributed by atoms with van der Waals surface area (Å²) in [5, 5.41) is 0. The minimum atomic E-state index is 0.0292. The second kappa shape index (κ2) is 6.99. The van der Waals surface area contributed by atoms with E-state index < -0.39 is 0 Å². The lowest BCUT2D eigenvalue weighted by atomic mass is 9.97. The summed E-state index contributed by atoms with van der Waals surface area (Å²) in [4.78, 5) is 7.14. The van der Waals surface area contributed by atoms with E-state index in [0.717, 1.165) is 29.8 Å². The van der Waals surface area contributed by atoms with Crippen LogP contribution >= 0.6 is 0 Å². The zero-order chi connectivity index (χ0) is 15.1. The van der Waals surface area contributed by atoms with Gasteiger partial charge in [0.25, 0.3) is 0 Å². The molecule has 1 heterocycles. The molecule has 21 heavy (non-hydrogen) atoms. The van der Waals surface area contributed by atoms with Crippen molar-refractivity contribution in [2.45, 2.75) is 33.6 Å². The van der Waals surface area contributed by atoms with Crippen LogP contribution in [0.1, 0.15) is 38.4 Å². The van der Waals surface area contributed by atoms with Gasteiger partial charge in [0, 0.05) is 17.2 Å². The van der Waals surface area contributed by atoms with Crippen LogP contribution in [0.2, 0.25) is 0 Å². The second-order valence-electron chi connectivity index (χ2n) is 6.04. The van der Waals surface area contributed by atoms with E-state index in [4.69, 9.17) is 4.74 Å². The molecule has 2 aromatic rings.